The maximum absolute atomic E-state index is 10.8. The maximum atomic E-state index is 10.8. The van der Waals surface area contributed by atoms with E-state index in [0.717, 1.165) is 11.3 Å². The Morgan fingerprint density at radius 3 is 2.79 bits per heavy atom. The van der Waals surface area contributed by atoms with Gasteiger partial charge in [-0.15, -0.1) is 0 Å². The number of hydrogen-bond acceptors (Lipinski definition) is 4. The number of benzene rings is 1. The molecule has 6 heteroatoms. The van der Waals surface area contributed by atoms with Crippen molar-refractivity contribution in [3.8, 4) is 0 Å². The zero-order valence-corrected chi connectivity index (χ0v) is 10.5. The monoisotopic (exact) mass is 261 g/mol. The third-order valence-electron chi connectivity index (χ3n) is 2.63. The van der Waals surface area contributed by atoms with Gasteiger partial charge in [-0.05, 0) is 11.6 Å². The number of hydroxylamine groups is 1. The average molecular weight is 261 g/mol. The molecular formula is C13H15N3O3. The largest absolute Gasteiger partial charge is 0.476 e. The van der Waals surface area contributed by atoms with E-state index in [9.17, 15) is 4.79 Å². The smallest absolute Gasteiger partial charge is 0.356 e. The normalized spacial score (nSPS) is 10.6. The van der Waals surface area contributed by atoms with Gasteiger partial charge in [0.1, 0.15) is 0 Å². The molecule has 0 spiro atoms. The Morgan fingerprint density at radius 1 is 1.42 bits per heavy atom. The molecule has 0 bridgehead atoms. The molecule has 1 aromatic heterocycles. The van der Waals surface area contributed by atoms with E-state index in [-0.39, 0.29) is 5.69 Å². The summed E-state index contributed by atoms with van der Waals surface area (Å²) in [5.41, 5.74) is 4.62. The van der Waals surface area contributed by atoms with Gasteiger partial charge in [-0.2, -0.15) is 10.6 Å². The van der Waals surface area contributed by atoms with Crippen molar-refractivity contribution in [2.45, 2.75) is 13.2 Å². The van der Waals surface area contributed by atoms with Crippen molar-refractivity contribution in [2.24, 2.45) is 7.05 Å². The molecule has 0 unspecified atom stereocenters. The fourth-order valence-corrected chi connectivity index (χ4v) is 1.61. The van der Waals surface area contributed by atoms with E-state index in [2.05, 4.69) is 10.6 Å². The molecule has 0 saturated carbocycles. The summed E-state index contributed by atoms with van der Waals surface area (Å²) in [7, 11) is 1.70. The van der Waals surface area contributed by atoms with Crippen molar-refractivity contribution in [3.63, 3.8) is 0 Å². The predicted octanol–water partition coefficient (Wildman–Crippen LogP) is 1.34. The molecule has 0 atom stereocenters. The Hall–Kier alpha value is -2.18. The highest BCUT2D eigenvalue weighted by Crippen LogP contribution is 2.04. The quantitative estimate of drug-likeness (QED) is 0.606. The number of aromatic carboxylic acids is 1. The van der Waals surface area contributed by atoms with Gasteiger partial charge in [0, 0.05) is 7.05 Å². The first-order chi connectivity index (χ1) is 9.16. The number of carbonyl (C=O) groups is 1. The maximum Gasteiger partial charge on any atom is 0.356 e. The summed E-state index contributed by atoms with van der Waals surface area (Å²) < 4.78 is 1.52. The molecule has 100 valence electrons. The topological polar surface area (TPSA) is 76.4 Å². The molecule has 2 aromatic rings. The summed E-state index contributed by atoms with van der Waals surface area (Å²) in [6.45, 7) is 0.841. The lowest BCUT2D eigenvalue weighted by Gasteiger charge is -2.05. The van der Waals surface area contributed by atoms with Gasteiger partial charge in [0.25, 0.3) is 0 Å². The van der Waals surface area contributed by atoms with Gasteiger partial charge in [-0.1, -0.05) is 30.3 Å². The van der Waals surface area contributed by atoms with Gasteiger partial charge in [-0.3, -0.25) is 9.52 Å². The molecule has 19 heavy (non-hydrogen) atoms. The number of rotatable bonds is 6. The third kappa shape index (κ3) is 3.64. The molecular weight excluding hydrogens is 246 g/mol. The lowest BCUT2D eigenvalue weighted by Crippen LogP contribution is -2.16. The molecule has 1 heterocycles. The minimum Gasteiger partial charge on any atom is -0.476 e. The minimum atomic E-state index is -1.04. The van der Waals surface area contributed by atoms with Crippen LogP contribution in [-0.2, 0) is 25.0 Å². The average Bonchev–Trinajstić information content (AvgIpc) is 2.78. The molecule has 0 aliphatic carbocycles. The first-order valence-electron chi connectivity index (χ1n) is 5.81. The summed E-state index contributed by atoms with van der Waals surface area (Å²) in [4.78, 5) is 16.1. The van der Waals surface area contributed by atoms with E-state index in [1.807, 2.05) is 30.3 Å². The van der Waals surface area contributed by atoms with Gasteiger partial charge >= 0.3 is 5.97 Å². The Balaban J connectivity index is 1.81. The molecule has 0 aliphatic rings. The molecule has 2 N–H and O–H groups in total. The summed E-state index contributed by atoms with van der Waals surface area (Å²) in [5.74, 6) is -1.04. The van der Waals surface area contributed by atoms with Gasteiger partial charge in [-0.25, -0.2) is 4.79 Å². The predicted molar refractivity (Wildman–Crippen MR) is 68.2 cm³/mol. The summed E-state index contributed by atoms with van der Waals surface area (Å²) in [5, 5.41) is 12.7. The van der Waals surface area contributed by atoms with Gasteiger partial charge in [0.05, 0.1) is 18.8 Å². The van der Waals surface area contributed by atoms with Crippen molar-refractivity contribution < 1.29 is 14.7 Å². The number of nitrogens with one attached hydrogen (secondary N) is 1. The Labute approximate surface area is 110 Å². The molecule has 1 aromatic carbocycles. The number of aromatic nitrogens is 2. The fraction of sp³-hybridized carbons (Fsp3) is 0.231. The van der Waals surface area contributed by atoms with Crippen molar-refractivity contribution in [2.75, 3.05) is 0 Å². The summed E-state index contributed by atoms with van der Waals surface area (Å²) in [6.07, 6.45) is 0. The number of aryl methyl sites for hydroxylation is 1. The van der Waals surface area contributed by atoms with Crippen molar-refractivity contribution in [3.05, 3.63) is 53.3 Å². The lowest BCUT2D eigenvalue weighted by atomic mass is 10.2. The van der Waals surface area contributed by atoms with Crippen molar-refractivity contribution >= 4 is 5.97 Å². The second-order valence-electron chi connectivity index (χ2n) is 4.05. The van der Waals surface area contributed by atoms with Crippen LogP contribution in [0.1, 0.15) is 21.7 Å². The van der Waals surface area contributed by atoms with Gasteiger partial charge in [0.2, 0.25) is 0 Å². The van der Waals surface area contributed by atoms with E-state index < -0.39 is 5.97 Å². The highest BCUT2D eigenvalue weighted by molar-refractivity contribution is 5.85. The molecule has 0 amide bonds. The molecule has 2 rings (SSSR count). The van der Waals surface area contributed by atoms with Gasteiger partial charge < -0.3 is 5.11 Å². The zero-order chi connectivity index (χ0) is 13.7. The van der Waals surface area contributed by atoms with E-state index >= 15 is 0 Å². The minimum absolute atomic E-state index is 0.0300. The summed E-state index contributed by atoms with van der Waals surface area (Å²) >= 11 is 0. The van der Waals surface area contributed by atoms with Crippen LogP contribution >= 0.6 is 0 Å². The van der Waals surface area contributed by atoms with E-state index in [1.54, 1.807) is 7.05 Å². The SMILES string of the molecule is Cn1nc(C(=O)O)cc1CNOCc1ccccc1. The third-order valence-corrected chi connectivity index (χ3v) is 2.63. The molecule has 6 nitrogen and oxygen atoms in total. The molecule has 0 aliphatic heterocycles. The standard InChI is InChI=1S/C13H15N3O3/c1-16-11(7-12(15-16)13(17)18)8-14-19-9-10-5-3-2-4-6-10/h2-7,14H,8-9H2,1H3,(H,17,18). The number of nitrogens with zero attached hydrogens (tertiary/aromatic N) is 2. The fourth-order valence-electron chi connectivity index (χ4n) is 1.61. The Morgan fingerprint density at radius 2 is 2.16 bits per heavy atom. The number of carboxylic acids is 1. The van der Waals surface area contributed by atoms with Crippen molar-refractivity contribution in [1.82, 2.24) is 15.3 Å². The highest BCUT2D eigenvalue weighted by atomic mass is 16.6. The number of carboxylic acid groups (broad SMARTS) is 1. The van der Waals surface area contributed by atoms with Crippen LogP contribution in [0.2, 0.25) is 0 Å². The second kappa shape index (κ2) is 6.12. The van der Waals surface area contributed by atoms with E-state index in [0.29, 0.717) is 13.2 Å². The van der Waals surface area contributed by atoms with E-state index in [1.165, 1.54) is 10.7 Å². The molecule has 0 saturated heterocycles. The van der Waals surface area contributed by atoms with Crippen LogP contribution < -0.4 is 5.48 Å². The first-order valence-corrected chi connectivity index (χ1v) is 5.81. The Bertz CT molecular complexity index is 552. The molecule has 0 fully saturated rings. The molecule has 0 radical (unpaired) electrons. The van der Waals surface area contributed by atoms with Crippen molar-refractivity contribution in [1.29, 1.82) is 0 Å². The lowest BCUT2D eigenvalue weighted by molar-refractivity contribution is 0.0223. The highest BCUT2D eigenvalue weighted by Gasteiger charge is 2.10. The second-order valence-corrected chi connectivity index (χ2v) is 4.05. The van der Waals surface area contributed by atoms with Gasteiger partial charge in [0.15, 0.2) is 5.69 Å². The number of hydrogen-bond donors (Lipinski definition) is 2. The van der Waals surface area contributed by atoms with Crippen LogP contribution in [0.15, 0.2) is 36.4 Å². The van der Waals surface area contributed by atoms with Crippen LogP contribution in [-0.4, -0.2) is 20.9 Å². The Kier molecular flexibility index (Phi) is 4.27. The van der Waals surface area contributed by atoms with E-state index in [4.69, 9.17) is 9.94 Å². The van der Waals surface area contributed by atoms with Crippen LogP contribution in [0.3, 0.4) is 0 Å². The van der Waals surface area contributed by atoms with Crippen LogP contribution in [0, 0.1) is 0 Å². The van der Waals surface area contributed by atoms with Crippen LogP contribution in [0.5, 0.6) is 0 Å². The first kappa shape index (κ1) is 13.3. The zero-order valence-electron chi connectivity index (χ0n) is 10.5. The van der Waals surface area contributed by atoms with Crippen LogP contribution in [0.4, 0.5) is 0 Å². The summed E-state index contributed by atoms with van der Waals surface area (Å²) in [6, 6.07) is 11.3. The van der Waals surface area contributed by atoms with Crippen LogP contribution in [0.25, 0.3) is 0 Å².